The SMILES string of the molecule is COc1ccc(N2C[C@H](C(=O)Nc3cccc(NC(C)=O)c3)CC2=O)c(OC)c1. The molecule has 0 radical (unpaired) electrons. The third-order valence-electron chi connectivity index (χ3n) is 4.62. The summed E-state index contributed by atoms with van der Waals surface area (Å²) in [4.78, 5) is 38.0. The van der Waals surface area contributed by atoms with E-state index in [1.165, 1.54) is 14.0 Å². The van der Waals surface area contributed by atoms with Gasteiger partial charge in [-0.15, -0.1) is 0 Å². The lowest BCUT2D eigenvalue weighted by Crippen LogP contribution is -2.28. The molecule has 1 saturated heterocycles. The van der Waals surface area contributed by atoms with E-state index >= 15 is 0 Å². The topological polar surface area (TPSA) is 97.0 Å². The van der Waals surface area contributed by atoms with Gasteiger partial charge in [0.15, 0.2) is 0 Å². The van der Waals surface area contributed by atoms with Crippen LogP contribution < -0.4 is 25.0 Å². The number of hydrogen-bond acceptors (Lipinski definition) is 5. The summed E-state index contributed by atoms with van der Waals surface area (Å²) < 4.78 is 10.6. The van der Waals surface area contributed by atoms with E-state index in [-0.39, 0.29) is 30.7 Å². The van der Waals surface area contributed by atoms with E-state index in [1.807, 2.05) is 0 Å². The van der Waals surface area contributed by atoms with Crippen LogP contribution in [0, 0.1) is 5.92 Å². The van der Waals surface area contributed by atoms with Crippen LogP contribution in [0.3, 0.4) is 0 Å². The normalized spacial score (nSPS) is 15.8. The summed E-state index contributed by atoms with van der Waals surface area (Å²) in [5.41, 5.74) is 1.73. The monoisotopic (exact) mass is 397 g/mol. The lowest BCUT2D eigenvalue weighted by atomic mass is 10.1. The van der Waals surface area contributed by atoms with Gasteiger partial charge in [0, 0.05) is 37.3 Å². The minimum Gasteiger partial charge on any atom is -0.497 e. The van der Waals surface area contributed by atoms with Gasteiger partial charge in [0.1, 0.15) is 11.5 Å². The van der Waals surface area contributed by atoms with E-state index in [0.717, 1.165) is 0 Å². The molecule has 2 N–H and O–H groups in total. The Hall–Kier alpha value is -3.55. The van der Waals surface area contributed by atoms with E-state index < -0.39 is 5.92 Å². The minimum absolute atomic E-state index is 0.104. The number of anilines is 3. The van der Waals surface area contributed by atoms with Crippen molar-refractivity contribution in [3.05, 3.63) is 42.5 Å². The van der Waals surface area contributed by atoms with Crippen molar-refractivity contribution in [3.63, 3.8) is 0 Å². The van der Waals surface area contributed by atoms with E-state index in [4.69, 9.17) is 9.47 Å². The lowest BCUT2D eigenvalue weighted by molar-refractivity contribution is -0.122. The first kappa shape index (κ1) is 20.2. The largest absolute Gasteiger partial charge is 0.497 e. The summed E-state index contributed by atoms with van der Waals surface area (Å²) >= 11 is 0. The van der Waals surface area contributed by atoms with E-state index in [2.05, 4.69) is 10.6 Å². The Balaban J connectivity index is 1.72. The Bertz CT molecular complexity index is 944. The highest BCUT2D eigenvalue weighted by Crippen LogP contribution is 2.36. The molecule has 1 fully saturated rings. The standard InChI is InChI=1S/C21H23N3O5/c1-13(25)22-15-5-4-6-16(10-15)23-21(27)14-9-20(26)24(12-14)18-8-7-17(28-2)11-19(18)29-3/h4-8,10-11,14H,9,12H2,1-3H3,(H,22,25)(H,23,27)/t14-/m1/s1. The average molecular weight is 397 g/mol. The molecule has 2 aromatic rings. The fourth-order valence-electron chi connectivity index (χ4n) is 3.25. The van der Waals surface area contributed by atoms with Gasteiger partial charge in [-0.2, -0.15) is 0 Å². The summed E-state index contributed by atoms with van der Waals surface area (Å²) in [5, 5.41) is 5.49. The Morgan fingerprint density at radius 3 is 2.41 bits per heavy atom. The maximum absolute atomic E-state index is 12.7. The molecule has 3 amide bonds. The van der Waals surface area contributed by atoms with E-state index in [1.54, 1.807) is 54.5 Å². The molecule has 0 saturated carbocycles. The van der Waals surface area contributed by atoms with Gasteiger partial charge >= 0.3 is 0 Å². The van der Waals surface area contributed by atoms with Crippen molar-refractivity contribution in [2.24, 2.45) is 5.92 Å². The maximum atomic E-state index is 12.7. The molecule has 2 aromatic carbocycles. The Labute approximate surface area is 168 Å². The molecule has 0 unspecified atom stereocenters. The highest BCUT2D eigenvalue weighted by atomic mass is 16.5. The van der Waals surface area contributed by atoms with Crippen molar-refractivity contribution < 1.29 is 23.9 Å². The van der Waals surface area contributed by atoms with Gasteiger partial charge in [0.25, 0.3) is 0 Å². The molecule has 0 aromatic heterocycles. The van der Waals surface area contributed by atoms with Gasteiger partial charge in [-0.25, -0.2) is 0 Å². The molecule has 29 heavy (non-hydrogen) atoms. The van der Waals surface area contributed by atoms with Crippen LogP contribution in [0.25, 0.3) is 0 Å². The first-order chi connectivity index (χ1) is 13.9. The zero-order valence-electron chi connectivity index (χ0n) is 16.5. The summed E-state index contributed by atoms with van der Waals surface area (Å²) in [6, 6.07) is 12.0. The van der Waals surface area contributed by atoms with Gasteiger partial charge in [0.2, 0.25) is 17.7 Å². The number of carbonyl (C=O) groups is 3. The summed E-state index contributed by atoms with van der Waals surface area (Å²) in [5.74, 6) is 0.0129. The molecular weight excluding hydrogens is 374 g/mol. The first-order valence-electron chi connectivity index (χ1n) is 9.12. The van der Waals surface area contributed by atoms with Gasteiger partial charge < -0.3 is 25.0 Å². The van der Waals surface area contributed by atoms with Crippen molar-refractivity contribution in [1.82, 2.24) is 0 Å². The summed E-state index contributed by atoms with van der Waals surface area (Å²) in [7, 11) is 3.07. The minimum atomic E-state index is -0.501. The lowest BCUT2D eigenvalue weighted by Gasteiger charge is -2.20. The zero-order valence-corrected chi connectivity index (χ0v) is 16.5. The van der Waals surface area contributed by atoms with Crippen LogP contribution >= 0.6 is 0 Å². The number of nitrogens with zero attached hydrogens (tertiary/aromatic N) is 1. The Morgan fingerprint density at radius 1 is 1.03 bits per heavy atom. The molecule has 1 aliphatic rings. The number of hydrogen-bond donors (Lipinski definition) is 2. The number of rotatable bonds is 6. The molecule has 1 atom stereocenters. The third-order valence-corrected chi connectivity index (χ3v) is 4.62. The van der Waals surface area contributed by atoms with Crippen molar-refractivity contribution in [1.29, 1.82) is 0 Å². The van der Waals surface area contributed by atoms with Gasteiger partial charge in [-0.1, -0.05) is 6.07 Å². The Kier molecular flexibility index (Phi) is 6.01. The van der Waals surface area contributed by atoms with Crippen molar-refractivity contribution in [3.8, 4) is 11.5 Å². The van der Waals surface area contributed by atoms with Crippen molar-refractivity contribution in [2.75, 3.05) is 36.3 Å². The van der Waals surface area contributed by atoms with Crippen LogP contribution in [0.15, 0.2) is 42.5 Å². The molecule has 152 valence electrons. The van der Waals surface area contributed by atoms with Crippen LogP contribution in [0.1, 0.15) is 13.3 Å². The van der Waals surface area contributed by atoms with Crippen LogP contribution in [-0.4, -0.2) is 38.5 Å². The fraction of sp³-hybridized carbons (Fsp3) is 0.286. The average Bonchev–Trinajstić information content (AvgIpc) is 3.08. The van der Waals surface area contributed by atoms with Crippen LogP contribution in [0.2, 0.25) is 0 Å². The molecule has 0 aliphatic carbocycles. The number of amides is 3. The van der Waals surface area contributed by atoms with Crippen molar-refractivity contribution in [2.45, 2.75) is 13.3 Å². The molecule has 1 heterocycles. The predicted octanol–water partition coefficient (Wildman–Crippen LogP) is 2.65. The fourth-order valence-corrected chi connectivity index (χ4v) is 3.25. The molecule has 0 bridgehead atoms. The van der Waals surface area contributed by atoms with E-state index in [9.17, 15) is 14.4 Å². The van der Waals surface area contributed by atoms with Gasteiger partial charge in [-0.3, -0.25) is 14.4 Å². The maximum Gasteiger partial charge on any atom is 0.229 e. The van der Waals surface area contributed by atoms with Crippen LogP contribution in [-0.2, 0) is 14.4 Å². The van der Waals surface area contributed by atoms with Crippen LogP contribution in [0.4, 0.5) is 17.1 Å². The van der Waals surface area contributed by atoms with Crippen molar-refractivity contribution >= 4 is 34.8 Å². The second-order valence-electron chi connectivity index (χ2n) is 6.69. The second kappa shape index (κ2) is 8.64. The smallest absolute Gasteiger partial charge is 0.229 e. The third kappa shape index (κ3) is 4.66. The molecular formula is C21H23N3O5. The molecule has 8 nitrogen and oxygen atoms in total. The predicted molar refractivity (Wildman–Crippen MR) is 109 cm³/mol. The highest BCUT2D eigenvalue weighted by Gasteiger charge is 2.36. The quantitative estimate of drug-likeness (QED) is 0.781. The Morgan fingerprint density at radius 2 is 1.76 bits per heavy atom. The second-order valence-corrected chi connectivity index (χ2v) is 6.69. The summed E-state index contributed by atoms with van der Waals surface area (Å²) in [6.45, 7) is 1.66. The number of carbonyl (C=O) groups excluding carboxylic acids is 3. The number of benzene rings is 2. The highest BCUT2D eigenvalue weighted by molar-refractivity contribution is 6.04. The number of ether oxygens (including phenoxy) is 2. The number of nitrogens with one attached hydrogen (secondary N) is 2. The summed E-state index contributed by atoms with van der Waals surface area (Å²) in [6.07, 6.45) is 0.104. The number of methoxy groups -OCH3 is 2. The molecule has 8 heteroatoms. The van der Waals surface area contributed by atoms with Crippen LogP contribution in [0.5, 0.6) is 11.5 Å². The molecule has 1 aliphatic heterocycles. The van der Waals surface area contributed by atoms with E-state index in [0.29, 0.717) is 28.6 Å². The van der Waals surface area contributed by atoms with Gasteiger partial charge in [-0.05, 0) is 30.3 Å². The molecule has 3 rings (SSSR count). The van der Waals surface area contributed by atoms with Gasteiger partial charge in [0.05, 0.1) is 25.8 Å². The molecule has 0 spiro atoms. The zero-order chi connectivity index (χ0) is 21.0. The first-order valence-corrected chi connectivity index (χ1v) is 9.12.